The monoisotopic (exact) mass is 299 g/mol. The van der Waals surface area contributed by atoms with Crippen LogP contribution in [0.4, 0.5) is 0 Å². The van der Waals surface area contributed by atoms with Crippen molar-refractivity contribution in [1.82, 2.24) is 10.2 Å². The molecule has 1 amide bonds. The zero-order valence-corrected chi connectivity index (χ0v) is 11.5. The number of halogens is 1. The highest BCUT2D eigenvalue weighted by molar-refractivity contribution is 6.30. The third kappa shape index (κ3) is 2.64. The van der Waals surface area contributed by atoms with Gasteiger partial charge in [0.15, 0.2) is 0 Å². The molecule has 0 fully saturated rings. The van der Waals surface area contributed by atoms with Gasteiger partial charge in [-0.3, -0.25) is 4.79 Å². The van der Waals surface area contributed by atoms with E-state index in [0.717, 1.165) is 0 Å². The molecule has 3 aromatic rings. The van der Waals surface area contributed by atoms with Crippen LogP contribution in [0.15, 0.2) is 48.5 Å². The van der Waals surface area contributed by atoms with Crippen LogP contribution >= 0.6 is 11.6 Å². The van der Waals surface area contributed by atoms with Gasteiger partial charge in [-0.05, 0) is 24.3 Å². The molecular weight excluding hydrogens is 290 g/mol. The number of nitrogens with zero attached hydrogens (tertiary/aromatic N) is 2. The number of primary amides is 1. The number of hydrogen-bond donors (Lipinski definition) is 1. The van der Waals surface area contributed by atoms with Crippen LogP contribution in [0.3, 0.4) is 0 Å². The van der Waals surface area contributed by atoms with E-state index in [1.165, 1.54) is 0 Å². The van der Waals surface area contributed by atoms with Gasteiger partial charge in [-0.1, -0.05) is 35.9 Å². The third-order valence-corrected chi connectivity index (χ3v) is 3.13. The van der Waals surface area contributed by atoms with Crippen LogP contribution in [-0.4, -0.2) is 16.1 Å². The van der Waals surface area contributed by atoms with Crippen LogP contribution in [0.25, 0.3) is 10.9 Å². The standard InChI is InChI=1S/C15H10ClN3O2/c16-9-4-3-5-10(8-9)21-15-13(14(17)20)11-6-1-2-7-12(11)18-19-15/h1-8H,(H2,17,20). The quantitative estimate of drug-likeness (QED) is 0.805. The average Bonchev–Trinajstić information content (AvgIpc) is 2.46. The van der Waals surface area contributed by atoms with E-state index in [1.54, 1.807) is 48.5 Å². The predicted molar refractivity (Wildman–Crippen MR) is 79.6 cm³/mol. The molecule has 21 heavy (non-hydrogen) atoms. The van der Waals surface area contributed by atoms with Crippen molar-refractivity contribution in [2.75, 3.05) is 0 Å². The largest absolute Gasteiger partial charge is 0.437 e. The predicted octanol–water partition coefficient (Wildman–Crippen LogP) is 3.17. The number of carbonyl (C=O) groups excluding carboxylic acids is 1. The molecule has 5 nitrogen and oxygen atoms in total. The van der Waals surface area contributed by atoms with Crippen LogP contribution in [-0.2, 0) is 0 Å². The summed E-state index contributed by atoms with van der Waals surface area (Å²) in [5, 5.41) is 9.07. The molecule has 1 heterocycles. The Morgan fingerprint density at radius 1 is 1.10 bits per heavy atom. The number of hydrogen-bond acceptors (Lipinski definition) is 4. The molecule has 0 spiro atoms. The maximum Gasteiger partial charge on any atom is 0.254 e. The minimum Gasteiger partial charge on any atom is -0.437 e. The first kappa shape index (κ1) is 13.3. The number of fused-ring (bicyclic) bond motifs is 1. The summed E-state index contributed by atoms with van der Waals surface area (Å²) in [7, 11) is 0. The van der Waals surface area contributed by atoms with Gasteiger partial charge in [0.25, 0.3) is 11.8 Å². The molecule has 6 heteroatoms. The SMILES string of the molecule is NC(=O)c1c(Oc2cccc(Cl)c2)nnc2ccccc12. The van der Waals surface area contributed by atoms with Gasteiger partial charge < -0.3 is 10.5 Å². The Balaban J connectivity index is 2.14. The number of nitrogens with two attached hydrogens (primary N) is 1. The van der Waals surface area contributed by atoms with Crippen molar-refractivity contribution in [3.8, 4) is 11.6 Å². The van der Waals surface area contributed by atoms with E-state index in [2.05, 4.69) is 10.2 Å². The lowest BCUT2D eigenvalue weighted by Gasteiger charge is -2.09. The Morgan fingerprint density at radius 2 is 1.90 bits per heavy atom. The molecule has 0 aliphatic rings. The lowest BCUT2D eigenvalue weighted by atomic mass is 10.1. The fourth-order valence-electron chi connectivity index (χ4n) is 1.99. The second-order valence-electron chi connectivity index (χ2n) is 4.32. The summed E-state index contributed by atoms with van der Waals surface area (Å²) >= 11 is 5.90. The van der Waals surface area contributed by atoms with E-state index in [1.807, 2.05) is 0 Å². The lowest BCUT2D eigenvalue weighted by Crippen LogP contribution is -2.14. The van der Waals surface area contributed by atoms with E-state index in [-0.39, 0.29) is 11.4 Å². The van der Waals surface area contributed by atoms with Crippen molar-refractivity contribution < 1.29 is 9.53 Å². The highest BCUT2D eigenvalue weighted by Crippen LogP contribution is 2.28. The topological polar surface area (TPSA) is 78.1 Å². The second-order valence-corrected chi connectivity index (χ2v) is 4.76. The fourth-order valence-corrected chi connectivity index (χ4v) is 2.17. The molecule has 0 saturated heterocycles. The summed E-state index contributed by atoms with van der Waals surface area (Å²) in [5.74, 6) is -0.115. The van der Waals surface area contributed by atoms with Gasteiger partial charge in [0, 0.05) is 10.4 Å². The molecule has 0 unspecified atom stereocenters. The van der Waals surface area contributed by atoms with Gasteiger partial charge >= 0.3 is 0 Å². The zero-order chi connectivity index (χ0) is 14.8. The number of rotatable bonds is 3. The van der Waals surface area contributed by atoms with Crippen LogP contribution in [0.1, 0.15) is 10.4 Å². The van der Waals surface area contributed by atoms with Gasteiger partial charge in [-0.25, -0.2) is 0 Å². The minimum atomic E-state index is -0.627. The normalized spacial score (nSPS) is 10.5. The average molecular weight is 300 g/mol. The van der Waals surface area contributed by atoms with Crippen molar-refractivity contribution in [2.24, 2.45) is 5.73 Å². The minimum absolute atomic E-state index is 0.0588. The summed E-state index contributed by atoms with van der Waals surface area (Å²) in [6.07, 6.45) is 0. The first-order valence-corrected chi connectivity index (χ1v) is 6.51. The molecule has 0 aliphatic carbocycles. The second kappa shape index (κ2) is 5.38. The van der Waals surface area contributed by atoms with Crippen LogP contribution in [0.2, 0.25) is 5.02 Å². The molecule has 0 radical (unpaired) electrons. The fraction of sp³-hybridized carbons (Fsp3) is 0. The Morgan fingerprint density at radius 3 is 2.67 bits per heavy atom. The Bertz CT molecular complexity index is 836. The van der Waals surface area contributed by atoms with Crippen molar-refractivity contribution in [3.05, 3.63) is 59.1 Å². The molecular formula is C15H10ClN3O2. The number of ether oxygens (including phenoxy) is 1. The summed E-state index contributed by atoms with van der Waals surface area (Å²) in [6.45, 7) is 0. The lowest BCUT2D eigenvalue weighted by molar-refractivity contribution is 0.0999. The smallest absolute Gasteiger partial charge is 0.254 e. The molecule has 2 N–H and O–H groups in total. The van der Waals surface area contributed by atoms with Crippen molar-refractivity contribution in [2.45, 2.75) is 0 Å². The van der Waals surface area contributed by atoms with Crippen molar-refractivity contribution in [3.63, 3.8) is 0 Å². The van der Waals surface area contributed by atoms with Gasteiger partial charge in [-0.15, -0.1) is 10.2 Å². The van der Waals surface area contributed by atoms with E-state index in [0.29, 0.717) is 21.7 Å². The third-order valence-electron chi connectivity index (χ3n) is 2.89. The summed E-state index contributed by atoms with van der Waals surface area (Å²) in [4.78, 5) is 11.7. The molecule has 0 atom stereocenters. The van der Waals surface area contributed by atoms with E-state index >= 15 is 0 Å². The summed E-state index contributed by atoms with van der Waals surface area (Å²) in [6, 6.07) is 13.9. The van der Waals surface area contributed by atoms with Crippen LogP contribution in [0.5, 0.6) is 11.6 Å². The number of benzene rings is 2. The zero-order valence-electron chi connectivity index (χ0n) is 10.8. The van der Waals surface area contributed by atoms with E-state index < -0.39 is 5.91 Å². The highest BCUT2D eigenvalue weighted by Gasteiger charge is 2.17. The van der Waals surface area contributed by atoms with Crippen molar-refractivity contribution >= 4 is 28.4 Å². The first-order valence-electron chi connectivity index (χ1n) is 6.14. The molecule has 0 saturated carbocycles. The first-order chi connectivity index (χ1) is 10.1. The van der Waals surface area contributed by atoms with E-state index in [4.69, 9.17) is 22.1 Å². The molecule has 0 aliphatic heterocycles. The Hall–Kier alpha value is -2.66. The number of carbonyl (C=O) groups is 1. The van der Waals surface area contributed by atoms with Gasteiger partial charge in [0.2, 0.25) is 0 Å². The number of amides is 1. The van der Waals surface area contributed by atoms with Crippen LogP contribution < -0.4 is 10.5 Å². The highest BCUT2D eigenvalue weighted by atomic mass is 35.5. The molecule has 2 aromatic carbocycles. The van der Waals surface area contributed by atoms with Gasteiger partial charge in [-0.2, -0.15) is 0 Å². The summed E-state index contributed by atoms with van der Waals surface area (Å²) in [5.41, 5.74) is 6.22. The molecule has 104 valence electrons. The number of aromatic nitrogens is 2. The van der Waals surface area contributed by atoms with Gasteiger partial charge in [0.1, 0.15) is 11.3 Å². The molecule has 0 bridgehead atoms. The van der Waals surface area contributed by atoms with Crippen molar-refractivity contribution in [1.29, 1.82) is 0 Å². The Kier molecular flexibility index (Phi) is 3.41. The molecule has 3 rings (SSSR count). The van der Waals surface area contributed by atoms with Gasteiger partial charge in [0.05, 0.1) is 5.52 Å². The molecule has 1 aromatic heterocycles. The van der Waals surface area contributed by atoms with Crippen LogP contribution in [0, 0.1) is 0 Å². The maximum absolute atomic E-state index is 11.7. The van der Waals surface area contributed by atoms with E-state index in [9.17, 15) is 4.79 Å². The summed E-state index contributed by atoms with van der Waals surface area (Å²) < 4.78 is 5.60. The Labute approximate surface area is 125 Å². The maximum atomic E-state index is 11.7.